The highest BCUT2D eigenvalue weighted by Crippen LogP contribution is 2.31. The van der Waals surface area contributed by atoms with E-state index < -0.39 is 12.1 Å². The van der Waals surface area contributed by atoms with Crippen molar-refractivity contribution in [2.45, 2.75) is 37.5 Å². The number of carbonyl (C=O) groups is 1. The Morgan fingerprint density at radius 3 is 2.68 bits per heavy atom. The van der Waals surface area contributed by atoms with Crippen LogP contribution < -0.4 is 10.6 Å². The maximum Gasteiger partial charge on any atom is 0.315 e. The Morgan fingerprint density at radius 1 is 1.20 bits per heavy atom. The summed E-state index contributed by atoms with van der Waals surface area (Å²) >= 11 is 0. The minimum absolute atomic E-state index is 0.241. The van der Waals surface area contributed by atoms with Gasteiger partial charge in [-0.1, -0.05) is 54.6 Å². The summed E-state index contributed by atoms with van der Waals surface area (Å²) < 4.78 is 0. The van der Waals surface area contributed by atoms with Crippen LogP contribution in [0.3, 0.4) is 0 Å². The van der Waals surface area contributed by atoms with Crippen molar-refractivity contribution < 1.29 is 9.90 Å². The molecule has 2 aromatic rings. The van der Waals surface area contributed by atoms with Gasteiger partial charge in [0.05, 0.1) is 24.3 Å². The normalized spacial score (nSPS) is 19.5. The van der Waals surface area contributed by atoms with E-state index in [4.69, 9.17) is 5.26 Å². The van der Waals surface area contributed by atoms with E-state index in [9.17, 15) is 9.90 Å². The molecule has 1 aliphatic carbocycles. The van der Waals surface area contributed by atoms with Gasteiger partial charge in [-0.25, -0.2) is 4.79 Å². The lowest BCUT2D eigenvalue weighted by atomic mass is 10.0. The second kappa shape index (κ2) is 7.82. The lowest BCUT2D eigenvalue weighted by molar-refractivity contribution is 0.141. The van der Waals surface area contributed by atoms with Gasteiger partial charge in [0.2, 0.25) is 0 Å². The summed E-state index contributed by atoms with van der Waals surface area (Å²) in [6, 6.07) is 18.5. The Labute approximate surface area is 147 Å². The molecule has 0 bridgehead atoms. The summed E-state index contributed by atoms with van der Waals surface area (Å²) in [7, 11) is 0. The van der Waals surface area contributed by atoms with Crippen LogP contribution in [0.5, 0.6) is 0 Å². The first-order valence-corrected chi connectivity index (χ1v) is 8.44. The molecule has 3 N–H and O–H groups in total. The summed E-state index contributed by atoms with van der Waals surface area (Å²) in [5.41, 5.74) is 2.98. The third-order valence-corrected chi connectivity index (χ3v) is 4.54. The van der Waals surface area contributed by atoms with E-state index in [2.05, 4.69) is 16.7 Å². The Kier molecular flexibility index (Phi) is 5.32. The number of carbonyl (C=O) groups excluding carboxylic acids is 1. The first kappa shape index (κ1) is 17.0. The van der Waals surface area contributed by atoms with Crippen LogP contribution >= 0.6 is 0 Å². The minimum Gasteiger partial charge on any atom is -0.390 e. The van der Waals surface area contributed by atoms with Crippen molar-refractivity contribution in [1.82, 2.24) is 10.6 Å². The van der Waals surface area contributed by atoms with Gasteiger partial charge >= 0.3 is 6.03 Å². The number of aliphatic hydroxyl groups is 1. The Hall–Kier alpha value is -2.84. The van der Waals surface area contributed by atoms with Gasteiger partial charge in [-0.2, -0.15) is 5.26 Å². The van der Waals surface area contributed by atoms with Crippen molar-refractivity contribution in [3.63, 3.8) is 0 Å². The minimum atomic E-state index is -0.627. The van der Waals surface area contributed by atoms with E-state index in [1.54, 1.807) is 0 Å². The van der Waals surface area contributed by atoms with E-state index in [1.165, 1.54) is 0 Å². The molecule has 0 saturated heterocycles. The standard InChI is InChI=1S/C20H21N3O2/c21-12-6-11-17(14-7-2-1-3-8-14)22-20(25)23-19-16-10-5-4-9-15(16)13-18(19)24/h1-5,7-10,17-19,24H,6,11,13H2,(H2,22,23,25). The van der Waals surface area contributed by atoms with Crippen molar-refractivity contribution >= 4 is 6.03 Å². The molecule has 0 spiro atoms. The molecule has 128 valence electrons. The molecule has 3 atom stereocenters. The molecule has 1 aliphatic rings. The number of hydrogen-bond donors (Lipinski definition) is 3. The quantitative estimate of drug-likeness (QED) is 0.785. The van der Waals surface area contributed by atoms with Gasteiger partial charge in [0.25, 0.3) is 0 Å². The predicted molar refractivity (Wildman–Crippen MR) is 94.6 cm³/mol. The monoisotopic (exact) mass is 335 g/mol. The third kappa shape index (κ3) is 3.98. The lowest BCUT2D eigenvalue weighted by Crippen LogP contribution is -2.42. The van der Waals surface area contributed by atoms with Gasteiger partial charge in [0.15, 0.2) is 0 Å². The topological polar surface area (TPSA) is 85.2 Å². The smallest absolute Gasteiger partial charge is 0.315 e. The molecule has 25 heavy (non-hydrogen) atoms. The molecule has 3 rings (SSSR count). The Balaban J connectivity index is 1.69. The molecule has 0 heterocycles. The van der Waals surface area contributed by atoms with Crippen LogP contribution in [0.4, 0.5) is 4.79 Å². The molecule has 0 aliphatic heterocycles. The highest BCUT2D eigenvalue weighted by Gasteiger charge is 2.32. The largest absolute Gasteiger partial charge is 0.390 e. The van der Waals surface area contributed by atoms with E-state index in [-0.39, 0.29) is 12.1 Å². The fraction of sp³-hybridized carbons (Fsp3) is 0.300. The molecule has 0 aromatic heterocycles. The predicted octanol–water partition coefficient (Wildman–Crippen LogP) is 2.99. The zero-order valence-corrected chi connectivity index (χ0v) is 13.9. The van der Waals surface area contributed by atoms with Gasteiger partial charge in [-0.15, -0.1) is 0 Å². The second-order valence-corrected chi connectivity index (χ2v) is 6.23. The molecule has 0 saturated carbocycles. The number of nitrogens with one attached hydrogen (secondary N) is 2. The molecular formula is C20H21N3O2. The fourth-order valence-electron chi connectivity index (χ4n) is 3.31. The van der Waals surface area contributed by atoms with Crippen LogP contribution in [-0.4, -0.2) is 17.2 Å². The maximum absolute atomic E-state index is 12.5. The first-order chi connectivity index (χ1) is 12.2. The van der Waals surface area contributed by atoms with Crippen LogP contribution in [-0.2, 0) is 6.42 Å². The Morgan fingerprint density at radius 2 is 1.92 bits per heavy atom. The molecule has 2 aromatic carbocycles. The highest BCUT2D eigenvalue weighted by atomic mass is 16.3. The number of amides is 2. The van der Waals surface area contributed by atoms with Gasteiger partial charge in [-0.3, -0.25) is 0 Å². The van der Waals surface area contributed by atoms with E-state index in [1.807, 2.05) is 54.6 Å². The van der Waals surface area contributed by atoms with E-state index in [0.717, 1.165) is 16.7 Å². The molecule has 3 unspecified atom stereocenters. The number of rotatable bonds is 5. The van der Waals surface area contributed by atoms with Crippen molar-refractivity contribution in [2.24, 2.45) is 0 Å². The van der Waals surface area contributed by atoms with Gasteiger partial charge in [0, 0.05) is 12.8 Å². The molecule has 0 radical (unpaired) electrons. The molecule has 5 heteroatoms. The van der Waals surface area contributed by atoms with Crippen LogP contribution in [0.1, 0.15) is 41.6 Å². The van der Waals surface area contributed by atoms with Gasteiger partial charge < -0.3 is 15.7 Å². The highest BCUT2D eigenvalue weighted by molar-refractivity contribution is 5.75. The summed E-state index contributed by atoms with van der Waals surface area (Å²) in [6.07, 6.45) is 0.807. The lowest BCUT2D eigenvalue weighted by Gasteiger charge is -2.22. The summed E-state index contributed by atoms with van der Waals surface area (Å²) in [4.78, 5) is 12.5. The molecule has 0 fully saturated rings. The number of aliphatic hydroxyl groups excluding tert-OH is 1. The summed E-state index contributed by atoms with van der Waals surface area (Å²) in [5.74, 6) is 0. The number of hydrogen-bond acceptors (Lipinski definition) is 3. The van der Waals surface area contributed by atoms with Crippen molar-refractivity contribution in [3.8, 4) is 6.07 Å². The number of urea groups is 1. The van der Waals surface area contributed by atoms with Crippen LogP contribution in [0.25, 0.3) is 0 Å². The first-order valence-electron chi connectivity index (χ1n) is 8.44. The average molecular weight is 335 g/mol. The number of fused-ring (bicyclic) bond motifs is 1. The van der Waals surface area contributed by atoms with E-state index in [0.29, 0.717) is 19.3 Å². The van der Waals surface area contributed by atoms with Crippen LogP contribution in [0.2, 0.25) is 0 Å². The van der Waals surface area contributed by atoms with Gasteiger partial charge in [0.1, 0.15) is 0 Å². The second-order valence-electron chi connectivity index (χ2n) is 6.23. The van der Waals surface area contributed by atoms with Crippen molar-refractivity contribution in [1.29, 1.82) is 5.26 Å². The van der Waals surface area contributed by atoms with Crippen molar-refractivity contribution in [2.75, 3.05) is 0 Å². The number of benzene rings is 2. The number of nitrogens with zero attached hydrogens (tertiary/aromatic N) is 1. The van der Waals surface area contributed by atoms with Crippen molar-refractivity contribution in [3.05, 3.63) is 71.3 Å². The average Bonchev–Trinajstić information content (AvgIpc) is 2.95. The summed E-state index contributed by atoms with van der Waals surface area (Å²) in [6.45, 7) is 0. The zero-order valence-electron chi connectivity index (χ0n) is 13.9. The molecule has 5 nitrogen and oxygen atoms in total. The zero-order chi connectivity index (χ0) is 17.6. The number of nitriles is 1. The fourth-order valence-corrected chi connectivity index (χ4v) is 3.31. The van der Waals surface area contributed by atoms with E-state index >= 15 is 0 Å². The SMILES string of the molecule is N#CCCC(NC(=O)NC1c2ccccc2CC1O)c1ccccc1. The third-order valence-electron chi connectivity index (χ3n) is 4.54. The molecule has 2 amide bonds. The van der Waals surface area contributed by atoms with Crippen LogP contribution in [0.15, 0.2) is 54.6 Å². The maximum atomic E-state index is 12.5. The summed E-state index contributed by atoms with van der Waals surface area (Å²) in [5, 5.41) is 24.9. The van der Waals surface area contributed by atoms with Crippen LogP contribution in [0, 0.1) is 11.3 Å². The van der Waals surface area contributed by atoms with Gasteiger partial charge in [-0.05, 0) is 23.1 Å². The Bertz CT molecular complexity index is 770. The molecular weight excluding hydrogens is 314 g/mol.